The van der Waals surface area contributed by atoms with E-state index in [4.69, 9.17) is 0 Å². The van der Waals surface area contributed by atoms with Crippen LogP contribution in [0.3, 0.4) is 0 Å². The van der Waals surface area contributed by atoms with Crippen molar-refractivity contribution in [3.05, 3.63) is 70.5 Å². The molecule has 0 aliphatic carbocycles. The Labute approximate surface area is 158 Å². The zero-order valence-electron chi connectivity index (χ0n) is 16.0. The van der Waals surface area contributed by atoms with Crippen molar-refractivity contribution in [2.75, 3.05) is 0 Å². The van der Waals surface area contributed by atoms with Gasteiger partial charge in [-0.1, -0.05) is 68.4 Å². The third kappa shape index (κ3) is 16.6. The number of nitro groups is 1. The molecule has 4 heteroatoms. The van der Waals surface area contributed by atoms with Gasteiger partial charge in [-0.05, 0) is 44.6 Å². The fourth-order valence-electron chi connectivity index (χ4n) is 2.19. The molecule has 0 saturated carbocycles. The summed E-state index contributed by atoms with van der Waals surface area (Å²) in [7, 11) is 0. The van der Waals surface area contributed by atoms with Crippen LogP contribution in [0.4, 0.5) is 0 Å². The van der Waals surface area contributed by atoms with E-state index in [1.54, 1.807) is 6.08 Å². The standard InChI is InChI=1S/C22H33NO3/c1-2-3-4-5-13-16-19-22(23(25)26)20-17-14-11-9-7-6-8-10-12-15-18-21-24/h6-7,10-14,16,20-21H,2-5,8-9,15,17-19H2,1H3/b7-6-,12-10-,14-11-,16-13-,22-20+. The number of carbonyl (C=O) groups excluding carboxylic acids is 1. The van der Waals surface area contributed by atoms with E-state index in [9.17, 15) is 14.9 Å². The Morgan fingerprint density at radius 1 is 0.808 bits per heavy atom. The van der Waals surface area contributed by atoms with Crippen molar-refractivity contribution in [3.63, 3.8) is 0 Å². The van der Waals surface area contributed by atoms with E-state index < -0.39 is 0 Å². The van der Waals surface area contributed by atoms with Crippen LogP contribution in [0, 0.1) is 10.1 Å². The summed E-state index contributed by atoms with van der Waals surface area (Å²) < 4.78 is 0. The van der Waals surface area contributed by atoms with Crippen LogP contribution < -0.4 is 0 Å². The Morgan fingerprint density at radius 2 is 1.42 bits per heavy atom. The Bertz CT molecular complexity index is 513. The lowest BCUT2D eigenvalue weighted by Gasteiger charge is -1.94. The summed E-state index contributed by atoms with van der Waals surface area (Å²) >= 11 is 0. The molecule has 0 bridgehead atoms. The summed E-state index contributed by atoms with van der Waals surface area (Å²) in [5.74, 6) is 0. The van der Waals surface area contributed by atoms with Crippen molar-refractivity contribution in [2.24, 2.45) is 0 Å². The van der Waals surface area contributed by atoms with E-state index in [0.717, 1.165) is 38.4 Å². The second-order valence-electron chi connectivity index (χ2n) is 5.99. The van der Waals surface area contributed by atoms with Crippen molar-refractivity contribution in [1.29, 1.82) is 0 Å². The topological polar surface area (TPSA) is 60.2 Å². The molecule has 0 aromatic carbocycles. The van der Waals surface area contributed by atoms with E-state index in [2.05, 4.69) is 19.1 Å². The van der Waals surface area contributed by atoms with Crippen LogP contribution in [-0.2, 0) is 4.79 Å². The summed E-state index contributed by atoms with van der Waals surface area (Å²) in [5, 5.41) is 11.0. The van der Waals surface area contributed by atoms with Crippen molar-refractivity contribution < 1.29 is 9.72 Å². The van der Waals surface area contributed by atoms with Gasteiger partial charge in [-0.25, -0.2) is 0 Å². The number of hydrogen-bond donors (Lipinski definition) is 0. The van der Waals surface area contributed by atoms with Gasteiger partial charge in [0.2, 0.25) is 5.70 Å². The normalized spacial score (nSPS) is 12.9. The SMILES string of the molecule is CCCCC/C=C\C/C(=C\C/C=C\C/C=C\C/C=C\CCC=O)[N+](=O)[O-]. The predicted octanol–water partition coefficient (Wildman–Crippen LogP) is 6.49. The van der Waals surface area contributed by atoms with Gasteiger partial charge in [0.05, 0.1) is 11.3 Å². The highest BCUT2D eigenvalue weighted by Crippen LogP contribution is 2.07. The van der Waals surface area contributed by atoms with Crippen molar-refractivity contribution in [3.8, 4) is 0 Å². The molecule has 0 aromatic heterocycles. The number of hydrogen-bond acceptors (Lipinski definition) is 3. The minimum Gasteiger partial charge on any atom is -0.303 e. The molecule has 0 radical (unpaired) electrons. The largest absolute Gasteiger partial charge is 0.303 e. The Morgan fingerprint density at radius 3 is 2.04 bits per heavy atom. The Kier molecular flexibility index (Phi) is 17.5. The fraction of sp³-hybridized carbons (Fsp3) is 0.500. The van der Waals surface area contributed by atoms with Crippen molar-refractivity contribution in [2.45, 2.75) is 71.1 Å². The summed E-state index contributed by atoms with van der Waals surface area (Å²) in [5.41, 5.74) is 0.261. The number of unbranched alkanes of at least 4 members (excludes halogenated alkanes) is 4. The first-order valence-electron chi connectivity index (χ1n) is 9.59. The second-order valence-corrected chi connectivity index (χ2v) is 5.99. The van der Waals surface area contributed by atoms with E-state index in [1.807, 2.05) is 36.5 Å². The lowest BCUT2D eigenvalue weighted by atomic mass is 10.2. The van der Waals surface area contributed by atoms with Gasteiger partial charge in [-0.3, -0.25) is 10.1 Å². The summed E-state index contributed by atoms with van der Waals surface area (Å²) in [6, 6.07) is 0. The summed E-state index contributed by atoms with van der Waals surface area (Å²) in [6.45, 7) is 2.16. The Hall–Kier alpha value is -2.23. The number of carbonyl (C=O) groups is 1. The zero-order chi connectivity index (χ0) is 19.3. The number of rotatable bonds is 16. The van der Waals surface area contributed by atoms with Crippen molar-refractivity contribution in [1.82, 2.24) is 0 Å². The summed E-state index contributed by atoms with van der Waals surface area (Å²) in [4.78, 5) is 20.9. The fourth-order valence-corrected chi connectivity index (χ4v) is 2.19. The van der Waals surface area contributed by atoms with Crippen LogP contribution in [0.5, 0.6) is 0 Å². The van der Waals surface area contributed by atoms with E-state index >= 15 is 0 Å². The quantitative estimate of drug-likeness (QED) is 0.104. The molecule has 0 N–H and O–H groups in total. The van der Waals surface area contributed by atoms with Crippen LogP contribution in [0.2, 0.25) is 0 Å². The van der Waals surface area contributed by atoms with Crippen LogP contribution >= 0.6 is 0 Å². The van der Waals surface area contributed by atoms with E-state index in [0.29, 0.717) is 19.3 Å². The molecule has 0 aliphatic heterocycles. The molecule has 0 heterocycles. The van der Waals surface area contributed by atoms with Gasteiger partial charge in [0.1, 0.15) is 6.29 Å². The molecule has 0 atom stereocenters. The minimum atomic E-state index is -0.291. The molecule has 144 valence electrons. The molecule has 0 amide bonds. The predicted molar refractivity (Wildman–Crippen MR) is 110 cm³/mol. The van der Waals surface area contributed by atoms with Crippen molar-refractivity contribution >= 4 is 6.29 Å². The monoisotopic (exact) mass is 359 g/mol. The molecular weight excluding hydrogens is 326 g/mol. The van der Waals surface area contributed by atoms with Crippen LogP contribution in [0.25, 0.3) is 0 Å². The average Bonchev–Trinajstić information content (AvgIpc) is 2.63. The van der Waals surface area contributed by atoms with Gasteiger partial charge < -0.3 is 4.79 Å². The maximum absolute atomic E-state index is 11.0. The summed E-state index contributed by atoms with van der Waals surface area (Å²) in [6.07, 6.45) is 27.3. The first-order valence-corrected chi connectivity index (χ1v) is 9.59. The second kappa shape index (κ2) is 19.1. The van der Waals surface area contributed by atoms with Crippen LogP contribution in [0.15, 0.2) is 60.4 Å². The molecule has 0 saturated heterocycles. The third-order valence-corrected chi connectivity index (χ3v) is 3.69. The maximum atomic E-state index is 11.0. The molecule has 0 rings (SSSR count). The highest BCUT2D eigenvalue weighted by Gasteiger charge is 2.06. The molecular formula is C22H33NO3. The van der Waals surface area contributed by atoms with Gasteiger partial charge in [-0.15, -0.1) is 0 Å². The smallest absolute Gasteiger partial charge is 0.246 e. The highest BCUT2D eigenvalue weighted by atomic mass is 16.6. The van der Waals surface area contributed by atoms with E-state index in [1.165, 1.54) is 12.8 Å². The number of nitrogens with zero attached hydrogens (tertiary/aromatic N) is 1. The number of allylic oxidation sites excluding steroid dienone is 9. The number of aldehydes is 1. The molecule has 26 heavy (non-hydrogen) atoms. The van der Waals surface area contributed by atoms with Crippen LogP contribution in [0.1, 0.15) is 71.1 Å². The minimum absolute atomic E-state index is 0.261. The maximum Gasteiger partial charge on any atom is 0.246 e. The molecule has 0 spiro atoms. The van der Waals surface area contributed by atoms with Gasteiger partial charge in [0.25, 0.3) is 0 Å². The Balaban J connectivity index is 4.00. The molecule has 0 fully saturated rings. The third-order valence-electron chi connectivity index (χ3n) is 3.69. The molecule has 0 aromatic rings. The lowest BCUT2D eigenvalue weighted by Crippen LogP contribution is -1.97. The van der Waals surface area contributed by atoms with Crippen LogP contribution in [-0.4, -0.2) is 11.2 Å². The van der Waals surface area contributed by atoms with Gasteiger partial charge >= 0.3 is 0 Å². The zero-order valence-corrected chi connectivity index (χ0v) is 16.0. The van der Waals surface area contributed by atoms with Gasteiger partial charge in [0, 0.05) is 6.42 Å². The van der Waals surface area contributed by atoms with E-state index in [-0.39, 0.29) is 10.6 Å². The molecule has 0 unspecified atom stereocenters. The highest BCUT2D eigenvalue weighted by molar-refractivity contribution is 5.49. The molecule has 4 nitrogen and oxygen atoms in total. The first-order chi connectivity index (χ1) is 12.7. The lowest BCUT2D eigenvalue weighted by molar-refractivity contribution is -0.427. The molecule has 0 aliphatic rings. The van der Waals surface area contributed by atoms with Gasteiger partial charge in [-0.2, -0.15) is 0 Å². The first kappa shape index (κ1) is 23.8. The van der Waals surface area contributed by atoms with Gasteiger partial charge in [0.15, 0.2) is 0 Å². The average molecular weight is 360 g/mol.